The Kier molecular flexibility index (Phi) is 5.46. The number of aryl methyl sites for hydroxylation is 1. The second-order valence-electron chi connectivity index (χ2n) is 6.35. The molecule has 0 saturated carbocycles. The van der Waals surface area contributed by atoms with Gasteiger partial charge in [-0.25, -0.2) is 4.98 Å². The summed E-state index contributed by atoms with van der Waals surface area (Å²) in [5.74, 6) is 1.82. The number of fused-ring (bicyclic) bond motifs is 1. The normalized spacial score (nSPS) is 13.2. The summed E-state index contributed by atoms with van der Waals surface area (Å²) in [4.78, 5) is 15.5. The molecule has 128 valence electrons. The lowest BCUT2D eigenvalue weighted by Gasteiger charge is -2.21. The van der Waals surface area contributed by atoms with E-state index in [1.165, 1.54) is 24.1 Å². The zero-order chi connectivity index (χ0) is 16.8. The van der Waals surface area contributed by atoms with Crippen LogP contribution in [0.25, 0.3) is 0 Å². The molecule has 6 nitrogen and oxygen atoms in total. The maximum Gasteiger partial charge on any atom is 0.227 e. The number of rotatable bonds is 7. The Morgan fingerprint density at radius 1 is 1.08 bits per heavy atom. The first kappa shape index (κ1) is 16.5. The van der Waals surface area contributed by atoms with Crippen molar-refractivity contribution in [3.05, 3.63) is 35.8 Å². The van der Waals surface area contributed by atoms with Crippen LogP contribution in [0.15, 0.2) is 24.5 Å². The van der Waals surface area contributed by atoms with Crippen molar-refractivity contribution >= 4 is 17.5 Å². The molecule has 0 aliphatic heterocycles. The van der Waals surface area contributed by atoms with E-state index in [9.17, 15) is 0 Å². The smallest absolute Gasteiger partial charge is 0.227 e. The van der Waals surface area contributed by atoms with Gasteiger partial charge in [0.15, 0.2) is 0 Å². The molecule has 0 atom stereocenters. The average Bonchev–Trinajstić information content (AvgIpc) is 2.62. The maximum atomic E-state index is 4.71. The van der Waals surface area contributed by atoms with Crippen molar-refractivity contribution in [2.45, 2.75) is 32.1 Å². The summed E-state index contributed by atoms with van der Waals surface area (Å²) in [6, 6.07) is 3.97. The van der Waals surface area contributed by atoms with Crippen LogP contribution in [0.1, 0.15) is 30.5 Å². The number of aromatic nitrogens is 3. The summed E-state index contributed by atoms with van der Waals surface area (Å²) < 4.78 is 0. The highest BCUT2D eigenvalue weighted by molar-refractivity contribution is 5.52. The molecule has 2 heterocycles. The molecule has 0 bridgehead atoms. The molecule has 2 N–H and O–H groups in total. The van der Waals surface area contributed by atoms with E-state index in [0.717, 1.165) is 49.8 Å². The minimum absolute atomic E-state index is 0.798. The first-order valence-corrected chi connectivity index (χ1v) is 8.69. The average molecular weight is 326 g/mol. The van der Waals surface area contributed by atoms with Crippen LogP contribution in [-0.4, -0.2) is 42.1 Å². The van der Waals surface area contributed by atoms with Crippen molar-refractivity contribution < 1.29 is 0 Å². The van der Waals surface area contributed by atoms with E-state index >= 15 is 0 Å². The van der Waals surface area contributed by atoms with Gasteiger partial charge in [-0.3, -0.25) is 4.98 Å². The lowest BCUT2D eigenvalue weighted by molar-refractivity contribution is 0.662. The third-order valence-corrected chi connectivity index (χ3v) is 4.21. The summed E-state index contributed by atoms with van der Waals surface area (Å²) in [5, 5.41) is 6.90. The number of pyridine rings is 1. The molecule has 0 unspecified atom stereocenters. The van der Waals surface area contributed by atoms with Crippen molar-refractivity contribution in [2.75, 3.05) is 42.7 Å². The topological polar surface area (TPSA) is 66.0 Å². The van der Waals surface area contributed by atoms with Gasteiger partial charge in [0.25, 0.3) is 0 Å². The lowest BCUT2D eigenvalue weighted by Crippen LogP contribution is -2.20. The molecular formula is C18H26N6. The summed E-state index contributed by atoms with van der Waals surface area (Å²) >= 11 is 0. The Hall–Kier alpha value is -2.37. The molecule has 3 rings (SSSR count). The van der Waals surface area contributed by atoms with E-state index in [-0.39, 0.29) is 0 Å². The summed E-state index contributed by atoms with van der Waals surface area (Å²) in [6.07, 6.45) is 9.26. The van der Waals surface area contributed by atoms with Crippen LogP contribution in [0.3, 0.4) is 0 Å². The Balaban J connectivity index is 1.57. The highest BCUT2D eigenvalue weighted by Gasteiger charge is 2.18. The monoisotopic (exact) mass is 326 g/mol. The van der Waals surface area contributed by atoms with Crippen molar-refractivity contribution in [3.8, 4) is 0 Å². The number of nitrogens with one attached hydrogen (secondary N) is 2. The van der Waals surface area contributed by atoms with Gasteiger partial charge in [-0.05, 0) is 44.2 Å². The summed E-state index contributed by atoms with van der Waals surface area (Å²) in [5.41, 5.74) is 3.59. The SMILES string of the molecule is CN(C)c1nc2c(c(NCCCNc3cccnc3)n1)CCCC2. The van der Waals surface area contributed by atoms with E-state index in [2.05, 4.69) is 15.6 Å². The Bertz CT molecular complexity index is 656. The van der Waals surface area contributed by atoms with Gasteiger partial charge < -0.3 is 15.5 Å². The van der Waals surface area contributed by atoms with E-state index in [0.29, 0.717) is 0 Å². The van der Waals surface area contributed by atoms with Gasteiger partial charge in [-0.15, -0.1) is 0 Å². The van der Waals surface area contributed by atoms with Crippen LogP contribution in [0.4, 0.5) is 17.5 Å². The first-order chi connectivity index (χ1) is 11.7. The Morgan fingerprint density at radius 2 is 1.92 bits per heavy atom. The molecular weight excluding hydrogens is 300 g/mol. The first-order valence-electron chi connectivity index (χ1n) is 8.69. The van der Waals surface area contributed by atoms with Gasteiger partial charge in [-0.1, -0.05) is 0 Å². The largest absolute Gasteiger partial charge is 0.384 e. The molecule has 2 aromatic rings. The minimum Gasteiger partial charge on any atom is -0.384 e. The van der Waals surface area contributed by atoms with E-state index < -0.39 is 0 Å². The van der Waals surface area contributed by atoms with Gasteiger partial charge in [0.2, 0.25) is 5.95 Å². The van der Waals surface area contributed by atoms with Crippen LogP contribution in [0.5, 0.6) is 0 Å². The van der Waals surface area contributed by atoms with Gasteiger partial charge in [-0.2, -0.15) is 4.98 Å². The molecule has 0 amide bonds. The quantitative estimate of drug-likeness (QED) is 0.763. The number of anilines is 3. The summed E-state index contributed by atoms with van der Waals surface area (Å²) in [6.45, 7) is 1.80. The van der Waals surface area contributed by atoms with Gasteiger partial charge in [0, 0.05) is 45.1 Å². The second-order valence-corrected chi connectivity index (χ2v) is 6.35. The van der Waals surface area contributed by atoms with Crippen LogP contribution in [0, 0.1) is 0 Å². The predicted octanol–water partition coefficient (Wildman–Crippen LogP) is 2.73. The number of hydrogen-bond donors (Lipinski definition) is 2. The third kappa shape index (κ3) is 4.13. The Morgan fingerprint density at radius 3 is 2.71 bits per heavy atom. The maximum absolute atomic E-state index is 4.71. The molecule has 6 heteroatoms. The molecule has 0 saturated heterocycles. The highest BCUT2D eigenvalue weighted by atomic mass is 15.2. The van der Waals surface area contributed by atoms with Crippen molar-refractivity contribution in [2.24, 2.45) is 0 Å². The molecule has 2 aromatic heterocycles. The molecule has 0 fully saturated rings. The van der Waals surface area contributed by atoms with E-state index in [1.54, 1.807) is 6.20 Å². The van der Waals surface area contributed by atoms with Crippen LogP contribution >= 0.6 is 0 Å². The number of hydrogen-bond acceptors (Lipinski definition) is 6. The van der Waals surface area contributed by atoms with E-state index in [1.807, 2.05) is 37.3 Å². The minimum atomic E-state index is 0.798. The standard InChI is InChI=1S/C18H26N6/c1-24(2)18-22-16-9-4-3-8-15(16)17(23-18)21-12-6-11-20-14-7-5-10-19-13-14/h5,7,10,13,20H,3-4,6,8-9,11-12H2,1-2H3,(H,21,22,23). The van der Waals surface area contributed by atoms with Crippen molar-refractivity contribution in [3.63, 3.8) is 0 Å². The molecule has 1 aliphatic carbocycles. The Labute approximate surface area is 143 Å². The zero-order valence-electron chi connectivity index (χ0n) is 14.5. The molecule has 0 radical (unpaired) electrons. The third-order valence-electron chi connectivity index (χ3n) is 4.21. The van der Waals surface area contributed by atoms with Gasteiger partial charge >= 0.3 is 0 Å². The van der Waals surface area contributed by atoms with Gasteiger partial charge in [0.1, 0.15) is 5.82 Å². The highest BCUT2D eigenvalue weighted by Crippen LogP contribution is 2.27. The second kappa shape index (κ2) is 7.95. The van der Waals surface area contributed by atoms with Crippen molar-refractivity contribution in [1.29, 1.82) is 0 Å². The summed E-state index contributed by atoms with van der Waals surface area (Å²) in [7, 11) is 3.98. The lowest BCUT2D eigenvalue weighted by atomic mass is 9.96. The molecule has 0 spiro atoms. The van der Waals surface area contributed by atoms with Crippen LogP contribution < -0.4 is 15.5 Å². The molecule has 24 heavy (non-hydrogen) atoms. The zero-order valence-corrected chi connectivity index (χ0v) is 14.5. The molecule has 1 aliphatic rings. The number of nitrogens with zero attached hydrogens (tertiary/aromatic N) is 4. The van der Waals surface area contributed by atoms with E-state index in [4.69, 9.17) is 9.97 Å². The fourth-order valence-corrected chi connectivity index (χ4v) is 2.92. The fraction of sp³-hybridized carbons (Fsp3) is 0.500. The van der Waals surface area contributed by atoms with Crippen LogP contribution in [-0.2, 0) is 12.8 Å². The van der Waals surface area contributed by atoms with Crippen molar-refractivity contribution in [1.82, 2.24) is 15.0 Å². The molecule has 0 aromatic carbocycles. The van der Waals surface area contributed by atoms with Crippen LogP contribution in [0.2, 0.25) is 0 Å². The predicted molar refractivity (Wildman–Crippen MR) is 98.8 cm³/mol. The van der Waals surface area contributed by atoms with Gasteiger partial charge in [0.05, 0.1) is 11.4 Å². The fourth-order valence-electron chi connectivity index (χ4n) is 2.92.